The second-order valence-corrected chi connectivity index (χ2v) is 6.88. The number of likely N-dealkylation sites (tertiary alicyclic amines) is 1. The number of carbonyl (C=O) groups is 2. The van der Waals surface area contributed by atoms with Crippen LogP contribution < -0.4 is 0 Å². The highest BCUT2D eigenvalue weighted by Gasteiger charge is 2.69. The number of benzene rings is 1. The number of hydrogen-bond donors (Lipinski definition) is 1. The Morgan fingerprint density at radius 2 is 2.22 bits per heavy atom. The first kappa shape index (κ1) is 16.2. The van der Waals surface area contributed by atoms with Gasteiger partial charge in [0.1, 0.15) is 11.9 Å². The maximum absolute atomic E-state index is 14.3. The van der Waals surface area contributed by atoms with Gasteiger partial charge < -0.3 is 5.11 Å². The van der Waals surface area contributed by atoms with Crippen LogP contribution in [0.25, 0.3) is 0 Å². The summed E-state index contributed by atoms with van der Waals surface area (Å²) in [7, 11) is 2.77. The average molecular weight is 387 g/mol. The Kier molecular flexibility index (Phi) is 3.84. The molecule has 0 spiro atoms. The molecular weight excluding hydrogens is 371 g/mol. The largest absolute Gasteiger partial charge is 0.465 e. The summed E-state index contributed by atoms with van der Waals surface area (Å²) >= 11 is 3.32. The maximum Gasteiger partial charge on any atom is 0.408 e. The van der Waals surface area contributed by atoms with Crippen molar-refractivity contribution in [2.45, 2.75) is 17.9 Å². The number of piperidine rings is 1. The lowest BCUT2D eigenvalue weighted by atomic mass is 9.93. The van der Waals surface area contributed by atoms with Crippen molar-refractivity contribution in [1.82, 2.24) is 9.96 Å². The highest BCUT2D eigenvalue weighted by atomic mass is 79.9. The van der Waals surface area contributed by atoms with E-state index < -0.39 is 23.5 Å². The van der Waals surface area contributed by atoms with Gasteiger partial charge in [0.2, 0.25) is 0 Å². The molecule has 3 atom stereocenters. The molecule has 0 aromatic heterocycles. The van der Waals surface area contributed by atoms with Crippen LogP contribution >= 0.6 is 15.9 Å². The number of fused-ring (bicyclic) bond motifs is 1. The fourth-order valence-electron chi connectivity index (χ4n) is 3.59. The third-order valence-corrected chi connectivity index (χ3v) is 5.34. The van der Waals surface area contributed by atoms with Gasteiger partial charge >= 0.3 is 6.09 Å². The number of nitrogens with zero attached hydrogens (tertiary/aromatic N) is 2. The molecule has 1 aliphatic heterocycles. The lowest BCUT2D eigenvalue weighted by Gasteiger charge is -2.27. The molecule has 1 heterocycles. The van der Waals surface area contributed by atoms with E-state index >= 15 is 0 Å². The molecule has 1 N–H and O–H groups in total. The lowest BCUT2D eigenvalue weighted by molar-refractivity contribution is -0.173. The van der Waals surface area contributed by atoms with E-state index in [1.54, 1.807) is 12.1 Å². The second kappa shape index (κ2) is 5.45. The molecule has 1 aliphatic carbocycles. The molecule has 23 heavy (non-hydrogen) atoms. The Labute approximate surface area is 140 Å². The molecule has 2 amide bonds. The van der Waals surface area contributed by atoms with Gasteiger partial charge in [-0.3, -0.25) is 14.5 Å². The van der Waals surface area contributed by atoms with Crippen molar-refractivity contribution >= 4 is 27.9 Å². The van der Waals surface area contributed by atoms with Crippen LogP contribution in [0.3, 0.4) is 0 Å². The molecule has 1 unspecified atom stereocenters. The van der Waals surface area contributed by atoms with E-state index in [9.17, 15) is 19.1 Å². The van der Waals surface area contributed by atoms with Crippen LogP contribution in [-0.2, 0) is 15.0 Å². The minimum absolute atomic E-state index is 0.105. The number of likely N-dealkylation sites (N-methyl/N-ethyl adjacent to an activating group) is 1. The number of carbonyl (C=O) groups excluding carboxylic acids is 1. The number of carboxylic acid groups (broad SMARTS) is 1. The molecule has 8 heteroatoms. The van der Waals surface area contributed by atoms with Crippen molar-refractivity contribution in [2.75, 3.05) is 20.7 Å². The summed E-state index contributed by atoms with van der Waals surface area (Å²) in [4.78, 5) is 29.9. The van der Waals surface area contributed by atoms with Crippen LogP contribution in [0.4, 0.5) is 9.18 Å². The van der Waals surface area contributed by atoms with Crippen molar-refractivity contribution in [2.24, 2.45) is 5.92 Å². The topological polar surface area (TPSA) is 70.1 Å². The van der Waals surface area contributed by atoms with Crippen molar-refractivity contribution in [1.29, 1.82) is 0 Å². The smallest absolute Gasteiger partial charge is 0.408 e. The van der Waals surface area contributed by atoms with Crippen LogP contribution in [0.2, 0.25) is 0 Å². The van der Waals surface area contributed by atoms with Crippen LogP contribution in [0.5, 0.6) is 0 Å². The van der Waals surface area contributed by atoms with E-state index in [1.165, 1.54) is 20.2 Å². The molecule has 6 nitrogen and oxygen atoms in total. The average Bonchev–Trinajstić information content (AvgIpc) is 3.14. The predicted octanol–water partition coefficient (Wildman–Crippen LogP) is 2.23. The Morgan fingerprint density at radius 1 is 1.52 bits per heavy atom. The first-order chi connectivity index (χ1) is 10.8. The van der Waals surface area contributed by atoms with Gasteiger partial charge in [0.05, 0.1) is 7.11 Å². The van der Waals surface area contributed by atoms with Gasteiger partial charge in [-0.05, 0) is 30.2 Å². The molecule has 1 saturated carbocycles. The number of rotatable bonds is 3. The Morgan fingerprint density at radius 3 is 2.83 bits per heavy atom. The van der Waals surface area contributed by atoms with Gasteiger partial charge in [0.15, 0.2) is 0 Å². The normalized spacial score (nSPS) is 28.4. The highest BCUT2D eigenvalue weighted by molar-refractivity contribution is 9.10. The molecule has 2 aliphatic rings. The molecule has 124 valence electrons. The van der Waals surface area contributed by atoms with Crippen LogP contribution in [0.1, 0.15) is 12.0 Å². The summed E-state index contributed by atoms with van der Waals surface area (Å²) in [6.45, 7) is 0.105. The molecular formula is C15H16BrFN2O4. The summed E-state index contributed by atoms with van der Waals surface area (Å²) in [6, 6.07) is 3.77. The SMILES string of the molecule is CON(C)C(=O)C1[C@@H]2C[C@]2(c2cc(Br)ccc2F)CN1C(=O)O. The van der Waals surface area contributed by atoms with Crippen molar-refractivity contribution in [3.8, 4) is 0 Å². The minimum Gasteiger partial charge on any atom is -0.465 e. The summed E-state index contributed by atoms with van der Waals surface area (Å²) in [5.41, 5.74) is -0.181. The third kappa shape index (κ3) is 2.40. The first-order valence-electron chi connectivity index (χ1n) is 7.08. The molecule has 1 saturated heterocycles. The third-order valence-electron chi connectivity index (χ3n) is 4.85. The molecule has 0 bridgehead atoms. The molecule has 3 rings (SSSR count). The first-order valence-corrected chi connectivity index (χ1v) is 7.88. The van der Waals surface area contributed by atoms with Gasteiger partial charge in [-0.15, -0.1) is 0 Å². The summed E-state index contributed by atoms with van der Waals surface area (Å²) < 4.78 is 15.0. The van der Waals surface area contributed by atoms with Crippen LogP contribution in [0, 0.1) is 11.7 Å². The van der Waals surface area contributed by atoms with Gasteiger partial charge in [-0.2, -0.15) is 0 Å². The van der Waals surface area contributed by atoms with Gasteiger partial charge in [0, 0.05) is 29.4 Å². The quantitative estimate of drug-likeness (QED) is 0.808. The molecule has 0 radical (unpaired) electrons. The van der Waals surface area contributed by atoms with Crippen molar-refractivity contribution in [3.63, 3.8) is 0 Å². The zero-order valence-electron chi connectivity index (χ0n) is 12.6. The lowest BCUT2D eigenvalue weighted by Crippen LogP contribution is -2.48. The Hall–Kier alpha value is -1.67. The van der Waals surface area contributed by atoms with Gasteiger partial charge in [-0.25, -0.2) is 14.2 Å². The zero-order chi connectivity index (χ0) is 16.9. The standard InChI is InChI=1S/C15H16BrFN2O4/c1-18(23-2)13(20)12-10-6-15(10,7-19(12)14(21)22)9-5-8(16)3-4-11(9)17/h3-5,10,12H,6-7H2,1-2H3,(H,21,22)/t10-,12?,15+/m0/s1. The molecule has 1 aromatic carbocycles. The number of halogens is 2. The van der Waals surface area contributed by atoms with E-state index in [0.717, 1.165) is 14.4 Å². The second-order valence-electron chi connectivity index (χ2n) is 5.96. The number of hydroxylamine groups is 2. The van der Waals surface area contributed by atoms with Crippen LogP contribution in [-0.4, -0.2) is 53.8 Å². The minimum atomic E-state index is -1.19. The fourth-order valence-corrected chi connectivity index (χ4v) is 3.95. The summed E-state index contributed by atoms with van der Waals surface area (Å²) in [6.07, 6.45) is -0.604. The number of amides is 2. The predicted molar refractivity (Wildman–Crippen MR) is 82.2 cm³/mol. The van der Waals surface area contributed by atoms with E-state index in [4.69, 9.17) is 4.84 Å². The zero-order valence-corrected chi connectivity index (χ0v) is 14.2. The highest BCUT2D eigenvalue weighted by Crippen LogP contribution is 2.62. The fraction of sp³-hybridized carbons (Fsp3) is 0.467. The van der Waals surface area contributed by atoms with Crippen LogP contribution in [0.15, 0.2) is 22.7 Å². The van der Waals surface area contributed by atoms with E-state index in [-0.39, 0.29) is 18.3 Å². The van der Waals surface area contributed by atoms with Crippen molar-refractivity contribution in [3.05, 3.63) is 34.1 Å². The van der Waals surface area contributed by atoms with Crippen molar-refractivity contribution < 1.29 is 23.9 Å². The molecule has 1 aromatic rings. The van der Waals surface area contributed by atoms with E-state index in [1.807, 2.05) is 0 Å². The molecule has 2 fully saturated rings. The van der Waals surface area contributed by atoms with Gasteiger partial charge in [-0.1, -0.05) is 15.9 Å². The summed E-state index contributed by atoms with van der Waals surface area (Å²) in [5.74, 6) is -1.06. The monoisotopic (exact) mass is 386 g/mol. The Bertz CT molecular complexity index is 685. The van der Waals surface area contributed by atoms with E-state index in [0.29, 0.717) is 12.0 Å². The number of hydrogen-bond acceptors (Lipinski definition) is 3. The Balaban J connectivity index is 1.98. The van der Waals surface area contributed by atoms with E-state index in [2.05, 4.69) is 15.9 Å². The maximum atomic E-state index is 14.3. The summed E-state index contributed by atoms with van der Waals surface area (Å²) in [5, 5.41) is 10.4. The van der Waals surface area contributed by atoms with Gasteiger partial charge in [0.25, 0.3) is 5.91 Å².